The number of hydrogen-bond acceptors (Lipinski definition) is 3. The van der Waals surface area contributed by atoms with Gasteiger partial charge in [0.2, 0.25) is 5.91 Å². The zero-order valence-electron chi connectivity index (χ0n) is 11.2. The number of nitrogens with one attached hydrogen (secondary N) is 1. The molecule has 100 valence electrons. The van der Waals surface area contributed by atoms with Gasteiger partial charge < -0.3 is 11.1 Å². The SMILES string of the molecule is CC(C)N(CCCN)CC(=O)Nc1ccccc1. The van der Waals surface area contributed by atoms with E-state index < -0.39 is 0 Å². The number of hydrogen-bond donors (Lipinski definition) is 2. The lowest BCUT2D eigenvalue weighted by atomic mass is 10.2. The van der Waals surface area contributed by atoms with Crippen molar-refractivity contribution in [3.8, 4) is 0 Å². The topological polar surface area (TPSA) is 58.4 Å². The van der Waals surface area contributed by atoms with Crippen LogP contribution in [0.3, 0.4) is 0 Å². The van der Waals surface area contributed by atoms with Crippen molar-refractivity contribution >= 4 is 11.6 Å². The van der Waals surface area contributed by atoms with E-state index in [4.69, 9.17) is 5.73 Å². The lowest BCUT2D eigenvalue weighted by molar-refractivity contribution is -0.117. The molecule has 4 heteroatoms. The Bertz CT molecular complexity index is 351. The second kappa shape index (κ2) is 7.84. The third kappa shape index (κ3) is 5.29. The summed E-state index contributed by atoms with van der Waals surface area (Å²) in [5, 5.41) is 2.89. The fourth-order valence-electron chi connectivity index (χ4n) is 1.72. The molecule has 0 saturated carbocycles. The minimum Gasteiger partial charge on any atom is -0.330 e. The van der Waals surface area contributed by atoms with E-state index in [1.165, 1.54) is 0 Å². The summed E-state index contributed by atoms with van der Waals surface area (Å²) in [5.74, 6) is 0.0203. The van der Waals surface area contributed by atoms with E-state index in [0.29, 0.717) is 19.1 Å². The van der Waals surface area contributed by atoms with E-state index in [0.717, 1.165) is 18.7 Å². The van der Waals surface area contributed by atoms with E-state index in [9.17, 15) is 4.79 Å². The zero-order valence-corrected chi connectivity index (χ0v) is 11.2. The fourth-order valence-corrected chi connectivity index (χ4v) is 1.72. The van der Waals surface area contributed by atoms with E-state index in [1.54, 1.807) is 0 Å². The van der Waals surface area contributed by atoms with Gasteiger partial charge in [-0.1, -0.05) is 18.2 Å². The van der Waals surface area contributed by atoms with Crippen LogP contribution in [0.15, 0.2) is 30.3 Å². The first-order chi connectivity index (χ1) is 8.63. The van der Waals surface area contributed by atoms with Crippen LogP contribution in [0.4, 0.5) is 5.69 Å². The van der Waals surface area contributed by atoms with Crippen molar-refractivity contribution in [3.63, 3.8) is 0 Å². The summed E-state index contributed by atoms with van der Waals surface area (Å²) in [6.07, 6.45) is 0.913. The van der Waals surface area contributed by atoms with Gasteiger partial charge in [0, 0.05) is 18.3 Å². The molecule has 1 aromatic rings. The quantitative estimate of drug-likeness (QED) is 0.773. The number of carbonyl (C=O) groups is 1. The van der Waals surface area contributed by atoms with Crippen molar-refractivity contribution in [3.05, 3.63) is 30.3 Å². The normalized spacial score (nSPS) is 10.9. The second-order valence-electron chi connectivity index (χ2n) is 4.62. The van der Waals surface area contributed by atoms with E-state index >= 15 is 0 Å². The molecule has 0 aliphatic rings. The first kappa shape index (κ1) is 14.7. The number of carbonyl (C=O) groups excluding carboxylic acids is 1. The van der Waals surface area contributed by atoms with Crippen LogP contribution >= 0.6 is 0 Å². The van der Waals surface area contributed by atoms with Crippen molar-refractivity contribution in [2.75, 3.05) is 25.0 Å². The number of para-hydroxylation sites is 1. The van der Waals surface area contributed by atoms with Crippen molar-refractivity contribution in [2.24, 2.45) is 5.73 Å². The van der Waals surface area contributed by atoms with Crippen molar-refractivity contribution in [2.45, 2.75) is 26.3 Å². The molecule has 18 heavy (non-hydrogen) atoms. The van der Waals surface area contributed by atoms with Gasteiger partial charge in [-0.25, -0.2) is 0 Å². The molecule has 0 aliphatic heterocycles. The number of benzene rings is 1. The Labute approximate surface area is 109 Å². The largest absolute Gasteiger partial charge is 0.330 e. The van der Waals surface area contributed by atoms with Crippen molar-refractivity contribution < 1.29 is 4.79 Å². The monoisotopic (exact) mass is 249 g/mol. The van der Waals surface area contributed by atoms with E-state index in [-0.39, 0.29) is 5.91 Å². The molecule has 1 aromatic carbocycles. The van der Waals surface area contributed by atoms with Gasteiger partial charge in [-0.05, 0) is 38.9 Å². The summed E-state index contributed by atoms with van der Waals surface area (Å²) in [6.45, 7) is 6.10. The molecular formula is C14H23N3O. The van der Waals surface area contributed by atoms with Gasteiger partial charge in [-0.2, -0.15) is 0 Å². The highest BCUT2D eigenvalue weighted by atomic mass is 16.2. The van der Waals surface area contributed by atoms with Crippen LogP contribution < -0.4 is 11.1 Å². The van der Waals surface area contributed by atoms with Crippen LogP contribution in [0.2, 0.25) is 0 Å². The highest BCUT2D eigenvalue weighted by molar-refractivity contribution is 5.92. The van der Waals surface area contributed by atoms with Gasteiger partial charge in [0.25, 0.3) is 0 Å². The molecule has 4 nitrogen and oxygen atoms in total. The van der Waals surface area contributed by atoms with Crippen LogP contribution in [-0.4, -0.2) is 36.5 Å². The Morgan fingerprint density at radius 2 is 2.00 bits per heavy atom. The van der Waals surface area contributed by atoms with E-state index in [2.05, 4.69) is 24.1 Å². The molecule has 0 radical (unpaired) electrons. The van der Waals surface area contributed by atoms with Crippen LogP contribution in [-0.2, 0) is 4.79 Å². The van der Waals surface area contributed by atoms with E-state index in [1.807, 2.05) is 30.3 Å². The second-order valence-corrected chi connectivity index (χ2v) is 4.62. The summed E-state index contributed by atoms with van der Waals surface area (Å²) in [6, 6.07) is 9.86. The van der Waals surface area contributed by atoms with Gasteiger partial charge in [-0.15, -0.1) is 0 Å². The van der Waals surface area contributed by atoms with Gasteiger partial charge >= 0.3 is 0 Å². The molecule has 1 amide bonds. The summed E-state index contributed by atoms with van der Waals surface area (Å²) >= 11 is 0. The van der Waals surface area contributed by atoms with Crippen LogP contribution in [0.1, 0.15) is 20.3 Å². The zero-order chi connectivity index (χ0) is 13.4. The Kier molecular flexibility index (Phi) is 6.39. The maximum Gasteiger partial charge on any atom is 0.238 e. The molecule has 0 atom stereocenters. The van der Waals surface area contributed by atoms with Crippen LogP contribution in [0.25, 0.3) is 0 Å². The molecule has 0 saturated heterocycles. The summed E-state index contributed by atoms with van der Waals surface area (Å²) in [5.41, 5.74) is 6.34. The molecule has 0 aliphatic carbocycles. The van der Waals surface area contributed by atoms with Gasteiger partial charge in [0.05, 0.1) is 6.54 Å². The summed E-state index contributed by atoms with van der Waals surface area (Å²) in [4.78, 5) is 14.0. The molecule has 0 spiro atoms. The number of amides is 1. The average molecular weight is 249 g/mol. The van der Waals surface area contributed by atoms with Crippen molar-refractivity contribution in [1.29, 1.82) is 0 Å². The Morgan fingerprint density at radius 3 is 2.56 bits per heavy atom. The Hall–Kier alpha value is -1.39. The smallest absolute Gasteiger partial charge is 0.238 e. The molecule has 3 N–H and O–H groups in total. The molecule has 0 bridgehead atoms. The maximum absolute atomic E-state index is 11.9. The maximum atomic E-state index is 11.9. The fraction of sp³-hybridized carbons (Fsp3) is 0.500. The number of nitrogens with zero attached hydrogens (tertiary/aromatic N) is 1. The molecule has 0 heterocycles. The van der Waals surface area contributed by atoms with Gasteiger partial charge in [0.1, 0.15) is 0 Å². The Morgan fingerprint density at radius 1 is 1.33 bits per heavy atom. The minimum atomic E-state index is 0.0203. The average Bonchev–Trinajstić information content (AvgIpc) is 2.35. The molecule has 0 fully saturated rings. The predicted octanol–water partition coefficient (Wildman–Crippen LogP) is 1.68. The first-order valence-corrected chi connectivity index (χ1v) is 6.42. The van der Waals surface area contributed by atoms with Crippen LogP contribution in [0, 0.1) is 0 Å². The highest BCUT2D eigenvalue weighted by Gasteiger charge is 2.13. The number of rotatable bonds is 7. The summed E-state index contributed by atoms with van der Waals surface area (Å²) in [7, 11) is 0. The highest BCUT2D eigenvalue weighted by Crippen LogP contribution is 2.06. The van der Waals surface area contributed by atoms with Gasteiger partial charge in [0.15, 0.2) is 0 Å². The van der Waals surface area contributed by atoms with Crippen molar-refractivity contribution in [1.82, 2.24) is 4.90 Å². The molecular weight excluding hydrogens is 226 g/mol. The lowest BCUT2D eigenvalue weighted by Crippen LogP contribution is -2.39. The third-order valence-corrected chi connectivity index (χ3v) is 2.78. The van der Waals surface area contributed by atoms with Gasteiger partial charge in [-0.3, -0.25) is 9.69 Å². The number of nitrogens with two attached hydrogens (primary N) is 1. The Balaban J connectivity index is 2.46. The number of anilines is 1. The lowest BCUT2D eigenvalue weighted by Gasteiger charge is -2.25. The predicted molar refractivity (Wildman–Crippen MR) is 75.5 cm³/mol. The molecule has 0 aromatic heterocycles. The standard InChI is InChI=1S/C14H23N3O/c1-12(2)17(10-6-9-15)11-14(18)16-13-7-4-3-5-8-13/h3-5,7-8,12H,6,9-11,15H2,1-2H3,(H,16,18). The summed E-state index contributed by atoms with van der Waals surface area (Å²) < 4.78 is 0. The third-order valence-electron chi connectivity index (χ3n) is 2.78. The first-order valence-electron chi connectivity index (χ1n) is 6.42. The molecule has 1 rings (SSSR count). The van der Waals surface area contributed by atoms with Crippen LogP contribution in [0.5, 0.6) is 0 Å². The molecule has 0 unspecified atom stereocenters. The minimum absolute atomic E-state index is 0.0203.